The SMILES string of the molecule is CS(=O)(=O)NC1CCCC1CNC(=O)C1CCCN1.Cl. The fourth-order valence-corrected chi connectivity index (χ4v) is 3.83. The first-order valence-corrected chi connectivity index (χ1v) is 8.83. The average Bonchev–Trinajstić information content (AvgIpc) is 2.94. The highest BCUT2D eigenvalue weighted by atomic mass is 35.5. The van der Waals surface area contributed by atoms with Crippen LogP contribution >= 0.6 is 12.4 Å². The Bertz CT molecular complexity index is 424. The molecule has 1 saturated heterocycles. The van der Waals surface area contributed by atoms with Crippen LogP contribution in [0.3, 0.4) is 0 Å². The number of halogens is 1. The number of rotatable bonds is 5. The van der Waals surface area contributed by atoms with Crippen molar-refractivity contribution < 1.29 is 13.2 Å². The smallest absolute Gasteiger partial charge is 0.237 e. The van der Waals surface area contributed by atoms with Crippen LogP contribution < -0.4 is 15.4 Å². The van der Waals surface area contributed by atoms with E-state index in [1.165, 1.54) is 6.26 Å². The molecule has 8 heteroatoms. The molecule has 1 aliphatic heterocycles. The first kappa shape index (κ1) is 17.7. The van der Waals surface area contributed by atoms with Gasteiger partial charge in [-0.05, 0) is 38.1 Å². The highest BCUT2D eigenvalue weighted by molar-refractivity contribution is 7.88. The molecular formula is C12H24ClN3O3S. The third-order valence-corrected chi connectivity index (χ3v) is 4.67. The Morgan fingerprint density at radius 2 is 2.00 bits per heavy atom. The maximum atomic E-state index is 11.9. The van der Waals surface area contributed by atoms with Gasteiger partial charge >= 0.3 is 0 Å². The molecule has 3 unspecified atom stereocenters. The molecule has 3 N–H and O–H groups in total. The normalized spacial score (nSPS) is 29.9. The van der Waals surface area contributed by atoms with Gasteiger partial charge in [0.1, 0.15) is 0 Å². The van der Waals surface area contributed by atoms with Crippen LogP contribution in [0, 0.1) is 5.92 Å². The van der Waals surface area contributed by atoms with Crippen molar-refractivity contribution in [2.75, 3.05) is 19.3 Å². The lowest BCUT2D eigenvalue weighted by molar-refractivity contribution is -0.122. The van der Waals surface area contributed by atoms with Gasteiger partial charge < -0.3 is 10.6 Å². The summed E-state index contributed by atoms with van der Waals surface area (Å²) in [7, 11) is -3.17. The van der Waals surface area contributed by atoms with E-state index in [-0.39, 0.29) is 36.3 Å². The molecule has 0 aromatic rings. The number of sulfonamides is 1. The Kier molecular flexibility index (Phi) is 6.71. The van der Waals surface area contributed by atoms with Gasteiger partial charge in [0, 0.05) is 12.6 Å². The second kappa shape index (κ2) is 7.59. The minimum Gasteiger partial charge on any atom is -0.354 e. The molecule has 6 nitrogen and oxygen atoms in total. The summed E-state index contributed by atoms with van der Waals surface area (Å²) in [5.41, 5.74) is 0. The monoisotopic (exact) mass is 325 g/mol. The van der Waals surface area contributed by atoms with E-state index in [0.29, 0.717) is 6.54 Å². The van der Waals surface area contributed by atoms with Crippen LogP contribution in [0.5, 0.6) is 0 Å². The molecule has 1 heterocycles. The molecule has 0 spiro atoms. The van der Waals surface area contributed by atoms with Crippen LogP contribution in [0.4, 0.5) is 0 Å². The Morgan fingerprint density at radius 3 is 2.60 bits per heavy atom. The van der Waals surface area contributed by atoms with E-state index in [2.05, 4.69) is 15.4 Å². The number of nitrogens with one attached hydrogen (secondary N) is 3. The van der Waals surface area contributed by atoms with Crippen LogP contribution in [-0.4, -0.2) is 45.8 Å². The topological polar surface area (TPSA) is 87.3 Å². The Labute approximate surface area is 126 Å². The molecule has 0 aromatic carbocycles. The first-order valence-electron chi connectivity index (χ1n) is 6.94. The van der Waals surface area contributed by atoms with E-state index in [1.807, 2.05) is 0 Å². The molecule has 1 saturated carbocycles. The largest absolute Gasteiger partial charge is 0.354 e. The summed E-state index contributed by atoms with van der Waals surface area (Å²) in [6.45, 7) is 1.46. The quantitative estimate of drug-likeness (QED) is 0.663. The van der Waals surface area contributed by atoms with Crippen molar-refractivity contribution >= 4 is 28.3 Å². The molecule has 3 atom stereocenters. The summed E-state index contributed by atoms with van der Waals surface area (Å²) in [4.78, 5) is 11.9. The second-order valence-corrected chi connectivity index (χ2v) is 7.36. The molecule has 0 aromatic heterocycles. The molecule has 2 aliphatic rings. The van der Waals surface area contributed by atoms with Gasteiger partial charge in [0.25, 0.3) is 0 Å². The van der Waals surface area contributed by atoms with Gasteiger partial charge in [-0.1, -0.05) is 6.42 Å². The molecule has 0 radical (unpaired) electrons. The van der Waals surface area contributed by atoms with Crippen molar-refractivity contribution in [3.8, 4) is 0 Å². The van der Waals surface area contributed by atoms with E-state index < -0.39 is 10.0 Å². The molecule has 1 amide bonds. The van der Waals surface area contributed by atoms with Crippen molar-refractivity contribution in [2.24, 2.45) is 5.92 Å². The van der Waals surface area contributed by atoms with Crippen molar-refractivity contribution in [1.29, 1.82) is 0 Å². The van der Waals surface area contributed by atoms with Crippen LogP contribution in [0.15, 0.2) is 0 Å². The predicted octanol–water partition coefficient (Wildman–Crippen LogP) is -0.00570. The molecule has 20 heavy (non-hydrogen) atoms. The highest BCUT2D eigenvalue weighted by Crippen LogP contribution is 2.25. The van der Waals surface area contributed by atoms with Gasteiger partial charge in [0.2, 0.25) is 15.9 Å². The van der Waals surface area contributed by atoms with Gasteiger partial charge in [-0.2, -0.15) is 0 Å². The standard InChI is InChI=1S/C12H23N3O3S.ClH/c1-19(17,18)15-10-5-2-4-9(10)8-14-12(16)11-6-3-7-13-11;/h9-11,13,15H,2-8H2,1H3,(H,14,16);1H. The van der Waals surface area contributed by atoms with E-state index in [4.69, 9.17) is 0 Å². The summed E-state index contributed by atoms with van der Waals surface area (Å²) >= 11 is 0. The highest BCUT2D eigenvalue weighted by Gasteiger charge is 2.30. The van der Waals surface area contributed by atoms with Crippen molar-refractivity contribution in [2.45, 2.75) is 44.2 Å². The fourth-order valence-electron chi connectivity index (χ4n) is 2.97. The van der Waals surface area contributed by atoms with Crippen LogP contribution in [0.1, 0.15) is 32.1 Å². The number of amides is 1. The van der Waals surface area contributed by atoms with Crippen molar-refractivity contribution in [3.63, 3.8) is 0 Å². The summed E-state index contributed by atoms with van der Waals surface area (Å²) in [5, 5.41) is 6.10. The minimum atomic E-state index is -3.17. The lowest BCUT2D eigenvalue weighted by atomic mass is 10.0. The molecular weight excluding hydrogens is 302 g/mol. The van der Waals surface area contributed by atoms with Crippen molar-refractivity contribution in [1.82, 2.24) is 15.4 Å². The number of hydrogen-bond acceptors (Lipinski definition) is 4. The summed E-state index contributed by atoms with van der Waals surface area (Å²) in [6, 6.07) is -0.102. The van der Waals surface area contributed by atoms with E-state index in [9.17, 15) is 13.2 Å². The van der Waals surface area contributed by atoms with E-state index >= 15 is 0 Å². The first-order chi connectivity index (χ1) is 8.96. The third kappa shape index (κ3) is 5.20. The van der Waals surface area contributed by atoms with Gasteiger partial charge in [-0.15, -0.1) is 12.4 Å². The molecule has 118 valence electrons. The van der Waals surface area contributed by atoms with Crippen LogP contribution in [0.2, 0.25) is 0 Å². The maximum absolute atomic E-state index is 11.9. The zero-order valence-electron chi connectivity index (χ0n) is 11.7. The Balaban J connectivity index is 0.00000200. The molecule has 2 fully saturated rings. The van der Waals surface area contributed by atoms with Crippen LogP contribution in [0.25, 0.3) is 0 Å². The molecule has 2 rings (SSSR count). The summed E-state index contributed by atoms with van der Waals surface area (Å²) in [5.74, 6) is 0.252. The lowest BCUT2D eigenvalue weighted by Crippen LogP contribution is -2.45. The van der Waals surface area contributed by atoms with Crippen molar-refractivity contribution in [3.05, 3.63) is 0 Å². The molecule has 1 aliphatic carbocycles. The minimum absolute atomic E-state index is 0. The van der Waals surface area contributed by atoms with Gasteiger partial charge in [-0.25, -0.2) is 13.1 Å². The van der Waals surface area contributed by atoms with E-state index in [1.54, 1.807) is 0 Å². The number of carbonyl (C=O) groups excluding carboxylic acids is 1. The predicted molar refractivity (Wildman–Crippen MR) is 80.4 cm³/mol. The van der Waals surface area contributed by atoms with Crippen LogP contribution in [-0.2, 0) is 14.8 Å². The average molecular weight is 326 g/mol. The Morgan fingerprint density at radius 1 is 1.25 bits per heavy atom. The van der Waals surface area contributed by atoms with Gasteiger partial charge in [0.15, 0.2) is 0 Å². The third-order valence-electron chi connectivity index (χ3n) is 3.94. The fraction of sp³-hybridized carbons (Fsp3) is 0.917. The Hall–Kier alpha value is -0.370. The number of hydrogen-bond donors (Lipinski definition) is 3. The number of carbonyl (C=O) groups is 1. The van der Waals surface area contributed by atoms with Gasteiger partial charge in [-0.3, -0.25) is 4.79 Å². The second-order valence-electron chi connectivity index (χ2n) is 5.58. The molecule has 0 bridgehead atoms. The van der Waals surface area contributed by atoms with Gasteiger partial charge in [0.05, 0.1) is 12.3 Å². The summed E-state index contributed by atoms with van der Waals surface area (Å²) < 4.78 is 25.2. The maximum Gasteiger partial charge on any atom is 0.237 e. The van der Waals surface area contributed by atoms with E-state index in [0.717, 1.165) is 38.6 Å². The zero-order chi connectivity index (χ0) is 13.9. The lowest BCUT2D eigenvalue weighted by Gasteiger charge is -2.21. The zero-order valence-corrected chi connectivity index (χ0v) is 13.4. The summed E-state index contributed by atoms with van der Waals surface area (Å²) in [6.07, 6.45) is 5.95.